The summed E-state index contributed by atoms with van der Waals surface area (Å²) >= 11 is 3.12. The normalized spacial score (nSPS) is 10.4. The van der Waals surface area contributed by atoms with Gasteiger partial charge in [0.25, 0.3) is 0 Å². The number of nitrogens with two attached hydrogens (primary N) is 1. The van der Waals surface area contributed by atoms with E-state index in [1.165, 1.54) is 6.07 Å². The van der Waals surface area contributed by atoms with Crippen molar-refractivity contribution >= 4 is 21.7 Å². The molecule has 5 heteroatoms. The van der Waals surface area contributed by atoms with Gasteiger partial charge < -0.3 is 10.3 Å². The topological polar surface area (TPSA) is 43.8 Å². The predicted octanol–water partition coefficient (Wildman–Crippen LogP) is 3.23. The largest absolute Gasteiger partial charge is 0.383 e. The second-order valence-corrected chi connectivity index (χ2v) is 4.89. The summed E-state index contributed by atoms with van der Waals surface area (Å²) in [6.07, 6.45) is 6.04. The fourth-order valence-electron chi connectivity index (χ4n) is 1.91. The standard InChI is InChI=1S/C14H13BrFN3/c1-3-7-19-12(4-2)18-13(14(19)17)9-5-6-10(15)11(16)8-9/h1,5-6,8H,4,7,17H2,2H3. The number of aromatic nitrogens is 2. The van der Waals surface area contributed by atoms with Crippen molar-refractivity contribution in [3.05, 3.63) is 34.3 Å². The number of imidazole rings is 1. The molecule has 0 unspecified atom stereocenters. The van der Waals surface area contributed by atoms with E-state index in [1.54, 1.807) is 16.7 Å². The number of halogens is 2. The molecule has 0 aliphatic rings. The van der Waals surface area contributed by atoms with E-state index in [2.05, 4.69) is 26.8 Å². The first-order valence-electron chi connectivity index (χ1n) is 5.82. The number of rotatable bonds is 3. The smallest absolute Gasteiger partial charge is 0.138 e. The van der Waals surface area contributed by atoms with E-state index >= 15 is 0 Å². The lowest BCUT2D eigenvalue weighted by Gasteiger charge is -2.04. The molecule has 1 aromatic carbocycles. The summed E-state index contributed by atoms with van der Waals surface area (Å²) < 4.78 is 15.8. The highest BCUT2D eigenvalue weighted by Gasteiger charge is 2.15. The molecule has 0 fully saturated rings. The number of hydrogen-bond acceptors (Lipinski definition) is 2. The summed E-state index contributed by atoms with van der Waals surface area (Å²) in [5.74, 6) is 3.47. The van der Waals surface area contributed by atoms with E-state index in [0.717, 1.165) is 5.82 Å². The molecule has 0 saturated heterocycles. The van der Waals surface area contributed by atoms with Crippen LogP contribution in [0.1, 0.15) is 12.7 Å². The minimum atomic E-state index is -0.346. The molecule has 3 nitrogen and oxygen atoms in total. The fourth-order valence-corrected chi connectivity index (χ4v) is 2.15. The van der Waals surface area contributed by atoms with Crippen molar-refractivity contribution < 1.29 is 4.39 Å². The zero-order chi connectivity index (χ0) is 14.0. The average molecular weight is 322 g/mol. The first-order chi connectivity index (χ1) is 9.08. The van der Waals surface area contributed by atoms with Crippen LogP contribution >= 0.6 is 15.9 Å². The third-order valence-electron chi connectivity index (χ3n) is 2.84. The molecular weight excluding hydrogens is 309 g/mol. The second kappa shape index (κ2) is 5.45. The molecule has 0 radical (unpaired) electrons. The lowest BCUT2D eigenvalue weighted by atomic mass is 10.1. The lowest BCUT2D eigenvalue weighted by Crippen LogP contribution is -2.05. The molecule has 0 saturated carbocycles. The van der Waals surface area contributed by atoms with E-state index < -0.39 is 0 Å². The quantitative estimate of drug-likeness (QED) is 0.882. The first kappa shape index (κ1) is 13.6. The maximum atomic E-state index is 13.6. The summed E-state index contributed by atoms with van der Waals surface area (Å²) in [6, 6.07) is 4.81. The molecule has 0 amide bonds. The average Bonchev–Trinajstić information content (AvgIpc) is 2.71. The van der Waals surface area contributed by atoms with Gasteiger partial charge in [-0.15, -0.1) is 6.42 Å². The number of anilines is 1. The molecule has 0 spiro atoms. The van der Waals surface area contributed by atoms with Gasteiger partial charge >= 0.3 is 0 Å². The maximum Gasteiger partial charge on any atom is 0.138 e. The molecule has 0 atom stereocenters. The van der Waals surface area contributed by atoms with Crippen LogP contribution in [0.5, 0.6) is 0 Å². The molecule has 1 heterocycles. The van der Waals surface area contributed by atoms with Gasteiger partial charge in [-0.1, -0.05) is 18.9 Å². The highest BCUT2D eigenvalue weighted by molar-refractivity contribution is 9.10. The lowest BCUT2D eigenvalue weighted by molar-refractivity contribution is 0.621. The van der Waals surface area contributed by atoms with Crippen molar-refractivity contribution in [2.24, 2.45) is 0 Å². The molecule has 0 aliphatic heterocycles. The molecule has 0 bridgehead atoms. The SMILES string of the molecule is C#CCn1c(CC)nc(-c2ccc(Br)c(F)c2)c1N. The monoisotopic (exact) mass is 321 g/mol. The van der Waals surface area contributed by atoms with Crippen LogP contribution in [0.3, 0.4) is 0 Å². The molecule has 2 aromatic rings. The van der Waals surface area contributed by atoms with Crippen LogP contribution in [-0.2, 0) is 13.0 Å². The molecule has 98 valence electrons. The molecule has 0 aliphatic carbocycles. The Balaban J connectivity index is 2.56. The van der Waals surface area contributed by atoms with Crippen molar-refractivity contribution in [1.82, 2.24) is 9.55 Å². The third kappa shape index (κ3) is 2.49. The number of aryl methyl sites for hydroxylation is 1. The molecule has 2 N–H and O–H groups in total. The van der Waals surface area contributed by atoms with E-state index in [4.69, 9.17) is 12.2 Å². The van der Waals surface area contributed by atoms with Crippen LogP contribution in [-0.4, -0.2) is 9.55 Å². The van der Waals surface area contributed by atoms with E-state index in [9.17, 15) is 4.39 Å². The number of nitrogens with zero attached hydrogens (tertiary/aromatic N) is 2. The van der Waals surface area contributed by atoms with E-state index in [-0.39, 0.29) is 5.82 Å². The van der Waals surface area contributed by atoms with Crippen LogP contribution in [0.4, 0.5) is 10.2 Å². The van der Waals surface area contributed by atoms with Gasteiger partial charge in [0, 0.05) is 12.0 Å². The van der Waals surface area contributed by atoms with Crippen molar-refractivity contribution in [3.8, 4) is 23.6 Å². The maximum absolute atomic E-state index is 13.6. The van der Waals surface area contributed by atoms with Crippen molar-refractivity contribution in [2.75, 3.05) is 5.73 Å². The molecular formula is C14H13BrFN3. The molecule has 1 aromatic heterocycles. The van der Waals surface area contributed by atoms with Crippen LogP contribution in [0.2, 0.25) is 0 Å². The Kier molecular flexibility index (Phi) is 3.91. The van der Waals surface area contributed by atoms with Crippen LogP contribution < -0.4 is 5.73 Å². The predicted molar refractivity (Wildman–Crippen MR) is 77.9 cm³/mol. The summed E-state index contributed by atoms with van der Waals surface area (Å²) in [7, 11) is 0. The van der Waals surface area contributed by atoms with Crippen molar-refractivity contribution in [3.63, 3.8) is 0 Å². The van der Waals surface area contributed by atoms with Gasteiger partial charge in [0.05, 0.1) is 11.0 Å². The van der Waals surface area contributed by atoms with Gasteiger partial charge in [-0.25, -0.2) is 9.37 Å². The Bertz CT molecular complexity index is 655. The van der Waals surface area contributed by atoms with Crippen molar-refractivity contribution in [1.29, 1.82) is 0 Å². The minimum absolute atomic E-state index is 0.346. The summed E-state index contributed by atoms with van der Waals surface area (Å²) in [4.78, 5) is 4.45. The molecule has 19 heavy (non-hydrogen) atoms. The summed E-state index contributed by atoms with van der Waals surface area (Å²) in [6.45, 7) is 2.34. The number of nitrogen functional groups attached to an aromatic ring is 1. The first-order valence-corrected chi connectivity index (χ1v) is 6.61. The van der Waals surface area contributed by atoms with Gasteiger partial charge in [-0.3, -0.25) is 0 Å². The zero-order valence-electron chi connectivity index (χ0n) is 10.5. The highest BCUT2D eigenvalue weighted by atomic mass is 79.9. The Morgan fingerprint density at radius 1 is 1.53 bits per heavy atom. The van der Waals surface area contributed by atoms with Crippen LogP contribution in [0, 0.1) is 18.2 Å². The molecule has 2 rings (SSSR count). The van der Waals surface area contributed by atoms with Gasteiger partial charge in [-0.05, 0) is 28.1 Å². The van der Waals surface area contributed by atoms with E-state index in [1.807, 2.05) is 6.92 Å². The highest BCUT2D eigenvalue weighted by Crippen LogP contribution is 2.29. The fraction of sp³-hybridized carbons (Fsp3) is 0.214. The van der Waals surface area contributed by atoms with Crippen LogP contribution in [0.25, 0.3) is 11.3 Å². The van der Waals surface area contributed by atoms with Gasteiger partial charge in [-0.2, -0.15) is 0 Å². The summed E-state index contributed by atoms with van der Waals surface area (Å²) in [5.41, 5.74) is 7.27. The van der Waals surface area contributed by atoms with Crippen LogP contribution in [0.15, 0.2) is 22.7 Å². The Morgan fingerprint density at radius 3 is 2.84 bits per heavy atom. The van der Waals surface area contributed by atoms with Gasteiger partial charge in [0.1, 0.15) is 23.2 Å². The number of benzene rings is 1. The van der Waals surface area contributed by atoms with Gasteiger partial charge in [0.15, 0.2) is 0 Å². The van der Waals surface area contributed by atoms with Crippen molar-refractivity contribution in [2.45, 2.75) is 19.9 Å². The minimum Gasteiger partial charge on any atom is -0.383 e. The Hall–Kier alpha value is -1.80. The Labute approximate surface area is 119 Å². The number of hydrogen-bond donors (Lipinski definition) is 1. The zero-order valence-corrected chi connectivity index (χ0v) is 12.0. The second-order valence-electron chi connectivity index (χ2n) is 4.03. The Morgan fingerprint density at radius 2 is 2.26 bits per heavy atom. The third-order valence-corrected chi connectivity index (χ3v) is 3.49. The van der Waals surface area contributed by atoms with Gasteiger partial charge in [0.2, 0.25) is 0 Å². The summed E-state index contributed by atoms with van der Waals surface area (Å²) in [5, 5.41) is 0. The van der Waals surface area contributed by atoms with E-state index in [0.29, 0.717) is 34.5 Å². The number of terminal acetylenes is 1.